The Balaban J connectivity index is 3.01. The van der Waals surface area contributed by atoms with Crippen LogP contribution in [0.15, 0.2) is 18.2 Å². The van der Waals surface area contributed by atoms with Crippen LogP contribution in [0.2, 0.25) is 0 Å². The maximum absolute atomic E-state index is 12.3. The quantitative estimate of drug-likeness (QED) is 0.809. The van der Waals surface area contributed by atoms with E-state index < -0.39 is 12.7 Å². The van der Waals surface area contributed by atoms with Crippen LogP contribution in [-0.4, -0.2) is 26.9 Å². The molecule has 0 saturated heterocycles. The third-order valence-corrected chi connectivity index (χ3v) is 2.48. The van der Waals surface area contributed by atoms with Crippen LogP contribution in [0.1, 0.15) is 12.5 Å². The molecule has 0 aliphatic heterocycles. The van der Waals surface area contributed by atoms with Crippen LogP contribution in [0, 0.1) is 0 Å². The van der Waals surface area contributed by atoms with Crippen LogP contribution in [0.5, 0.6) is 5.75 Å². The lowest BCUT2D eigenvalue weighted by molar-refractivity contribution is -0.119. The molecule has 1 aromatic carbocycles. The summed E-state index contributed by atoms with van der Waals surface area (Å²) in [7, 11) is 2.86. The first kappa shape index (κ1) is 13.7. The number of rotatable bonds is 4. The zero-order valence-corrected chi connectivity index (χ0v) is 10.1. The number of hydrogen-bond acceptors (Lipinski definition) is 2. The topological polar surface area (TPSA) is 12.5 Å². The van der Waals surface area contributed by atoms with Crippen molar-refractivity contribution in [2.75, 3.05) is 25.6 Å². The molecule has 0 bridgehead atoms. The zero-order chi connectivity index (χ0) is 13.1. The Bertz CT molecular complexity index is 377. The van der Waals surface area contributed by atoms with Crippen LogP contribution in [-0.2, 0) is 6.42 Å². The third-order valence-electron chi connectivity index (χ3n) is 2.48. The van der Waals surface area contributed by atoms with E-state index in [0.29, 0.717) is 11.4 Å². The molecule has 0 fully saturated rings. The van der Waals surface area contributed by atoms with Crippen molar-refractivity contribution < 1.29 is 17.9 Å². The maximum atomic E-state index is 12.3. The molecule has 17 heavy (non-hydrogen) atoms. The van der Waals surface area contributed by atoms with Crippen LogP contribution in [0.3, 0.4) is 0 Å². The lowest BCUT2D eigenvalue weighted by atomic mass is 10.1. The fourth-order valence-electron chi connectivity index (χ4n) is 1.61. The number of benzene rings is 1. The van der Waals surface area contributed by atoms with Gasteiger partial charge in [0.25, 0.3) is 0 Å². The van der Waals surface area contributed by atoms with E-state index in [9.17, 15) is 13.2 Å². The van der Waals surface area contributed by atoms with Crippen LogP contribution >= 0.6 is 0 Å². The summed E-state index contributed by atoms with van der Waals surface area (Å²) in [6.07, 6.45) is -3.45. The van der Waals surface area contributed by atoms with E-state index in [4.69, 9.17) is 4.74 Å². The summed E-state index contributed by atoms with van der Waals surface area (Å²) in [5.41, 5.74) is 1.44. The second-order valence-corrected chi connectivity index (χ2v) is 3.83. The standard InChI is InChI=1S/C12H16F3NO/c1-4-9-5-6-11(17-3)10(7-9)16(2)8-12(13,14)15/h5-7H,4,8H2,1-3H3. The molecular formula is C12H16F3NO. The van der Waals surface area contributed by atoms with Crippen molar-refractivity contribution in [1.82, 2.24) is 0 Å². The van der Waals surface area contributed by atoms with Gasteiger partial charge in [0.15, 0.2) is 0 Å². The molecule has 0 unspecified atom stereocenters. The van der Waals surface area contributed by atoms with Crippen LogP contribution in [0.25, 0.3) is 0 Å². The molecule has 2 nitrogen and oxygen atoms in total. The van der Waals surface area contributed by atoms with Crippen LogP contribution in [0.4, 0.5) is 18.9 Å². The number of alkyl halides is 3. The van der Waals surface area contributed by atoms with Crippen molar-refractivity contribution in [1.29, 1.82) is 0 Å². The predicted molar refractivity (Wildman–Crippen MR) is 61.7 cm³/mol. The summed E-state index contributed by atoms with van der Waals surface area (Å²) in [6.45, 7) is 0.964. The van der Waals surface area contributed by atoms with E-state index in [0.717, 1.165) is 16.9 Å². The van der Waals surface area contributed by atoms with Gasteiger partial charge in [0, 0.05) is 7.05 Å². The third kappa shape index (κ3) is 3.84. The highest BCUT2D eigenvalue weighted by Gasteiger charge is 2.30. The van der Waals surface area contributed by atoms with E-state index in [1.54, 1.807) is 12.1 Å². The van der Waals surface area contributed by atoms with E-state index in [1.807, 2.05) is 13.0 Å². The van der Waals surface area contributed by atoms with Crippen molar-refractivity contribution >= 4 is 5.69 Å². The number of nitrogens with zero attached hydrogens (tertiary/aromatic N) is 1. The summed E-state index contributed by atoms with van der Waals surface area (Å²) in [5, 5.41) is 0. The molecule has 0 heterocycles. The number of hydrogen-bond donors (Lipinski definition) is 0. The molecule has 0 aliphatic carbocycles. The molecule has 5 heteroatoms. The maximum Gasteiger partial charge on any atom is 0.405 e. The van der Waals surface area contributed by atoms with E-state index in [1.165, 1.54) is 14.2 Å². The molecule has 0 radical (unpaired) electrons. The van der Waals surface area contributed by atoms with Gasteiger partial charge in [-0.3, -0.25) is 0 Å². The molecule has 0 spiro atoms. The van der Waals surface area contributed by atoms with Gasteiger partial charge in [-0.1, -0.05) is 13.0 Å². The van der Waals surface area contributed by atoms with Gasteiger partial charge in [0.2, 0.25) is 0 Å². The highest BCUT2D eigenvalue weighted by Crippen LogP contribution is 2.30. The van der Waals surface area contributed by atoms with Crippen molar-refractivity contribution in [2.24, 2.45) is 0 Å². The SMILES string of the molecule is CCc1ccc(OC)c(N(C)CC(F)(F)F)c1. The number of aryl methyl sites for hydroxylation is 1. The first-order valence-corrected chi connectivity index (χ1v) is 5.32. The normalized spacial score (nSPS) is 11.4. The molecule has 0 aliphatic rings. The van der Waals surface area contributed by atoms with E-state index >= 15 is 0 Å². The summed E-state index contributed by atoms with van der Waals surface area (Å²) >= 11 is 0. The number of anilines is 1. The molecule has 0 saturated carbocycles. The Labute approximate surface area is 99.0 Å². The van der Waals surface area contributed by atoms with Gasteiger partial charge in [0.1, 0.15) is 12.3 Å². The second-order valence-electron chi connectivity index (χ2n) is 3.83. The number of methoxy groups -OCH3 is 1. The Morgan fingerprint density at radius 3 is 2.41 bits per heavy atom. The Morgan fingerprint density at radius 1 is 1.29 bits per heavy atom. The summed E-state index contributed by atoms with van der Waals surface area (Å²) in [5.74, 6) is 0.453. The summed E-state index contributed by atoms with van der Waals surface area (Å²) in [4.78, 5) is 1.15. The first-order chi connectivity index (χ1) is 7.87. The van der Waals surface area contributed by atoms with Gasteiger partial charge >= 0.3 is 6.18 Å². The predicted octanol–water partition coefficient (Wildman–Crippen LogP) is 3.26. The van der Waals surface area contributed by atoms with Gasteiger partial charge in [0.05, 0.1) is 12.8 Å². The summed E-state index contributed by atoms with van der Waals surface area (Å²) in [6, 6.07) is 5.27. The molecule has 0 aromatic heterocycles. The summed E-state index contributed by atoms with van der Waals surface area (Å²) < 4.78 is 42.1. The smallest absolute Gasteiger partial charge is 0.405 e. The van der Waals surface area contributed by atoms with E-state index in [-0.39, 0.29) is 0 Å². The average molecular weight is 247 g/mol. The fourth-order valence-corrected chi connectivity index (χ4v) is 1.61. The second kappa shape index (κ2) is 5.29. The molecule has 96 valence electrons. The van der Waals surface area contributed by atoms with Gasteiger partial charge < -0.3 is 9.64 Å². The zero-order valence-electron chi connectivity index (χ0n) is 10.1. The molecule has 1 aromatic rings. The van der Waals surface area contributed by atoms with Crippen molar-refractivity contribution in [3.05, 3.63) is 23.8 Å². The Hall–Kier alpha value is -1.39. The number of halogens is 3. The Kier molecular flexibility index (Phi) is 4.26. The van der Waals surface area contributed by atoms with Gasteiger partial charge in [-0.15, -0.1) is 0 Å². The monoisotopic (exact) mass is 247 g/mol. The fraction of sp³-hybridized carbons (Fsp3) is 0.500. The molecular weight excluding hydrogens is 231 g/mol. The number of ether oxygens (including phenoxy) is 1. The molecule has 0 atom stereocenters. The highest BCUT2D eigenvalue weighted by molar-refractivity contribution is 5.59. The molecule has 0 N–H and O–H groups in total. The van der Waals surface area contributed by atoms with E-state index in [2.05, 4.69) is 0 Å². The van der Waals surface area contributed by atoms with Gasteiger partial charge in [-0.05, 0) is 24.1 Å². The first-order valence-electron chi connectivity index (χ1n) is 5.32. The minimum Gasteiger partial charge on any atom is -0.495 e. The minimum atomic E-state index is -4.22. The lowest BCUT2D eigenvalue weighted by Crippen LogP contribution is -2.31. The Morgan fingerprint density at radius 2 is 1.94 bits per heavy atom. The minimum absolute atomic E-state index is 0.453. The van der Waals surface area contributed by atoms with Crippen LogP contribution < -0.4 is 9.64 Å². The highest BCUT2D eigenvalue weighted by atomic mass is 19.4. The average Bonchev–Trinajstić information content (AvgIpc) is 2.25. The van der Waals surface area contributed by atoms with Crippen molar-refractivity contribution in [2.45, 2.75) is 19.5 Å². The largest absolute Gasteiger partial charge is 0.495 e. The van der Waals surface area contributed by atoms with Gasteiger partial charge in [-0.25, -0.2) is 0 Å². The van der Waals surface area contributed by atoms with Crippen molar-refractivity contribution in [3.8, 4) is 5.75 Å². The molecule has 1 rings (SSSR count). The van der Waals surface area contributed by atoms with Crippen molar-refractivity contribution in [3.63, 3.8) is 0 Å². The lowest BCUT2D eigenvalue weighted by Gasteiger charge is -2.23. The molecule has 0 amide bonds. The van der Waals surface area contributed by atoms with Gasteiger partial charge in [-0.2, -0.15) is 13.2 Å².